The fraction of sp³-hybridized carbons (Fsp3) is 0.611. The highest BCUT2D eigenvalue weighted by atomic mass is 35.5. The van der Waals surface area contributed by atoms with Gasteiger partial charge in [0.15, 0.2) is 0 Å². The Morgan fingerprint density at radius 3 is 2.96 bits per heavy atom. The van der Waals surface area contributed by atoms with Crippen LogP contribution in [0, 0.1) is 5.92 Å². The van der Waals surface area contributed by atoms with Gasteiger partial charge in [0.25, 0.3) is 0 Å². The number of nitrogens with zero attached hydrogens (tertiary/aromatic N) is 2. The Bertz CT molecular complexity index is 546. The maximum Gasteiger partial charge on any atom is 0.222 e. The second-order valence-corrected chi connectivity index (χ2v) is 7.07. The zero-order valence-corrected chi connectivity index (χ0v) is 14.5. The number of amides is 1. The van der Waals surface area contributed by atoms with E-state index in [1.165, 1.54) is 0 Å². The third kappa shape index (κ3) is 4.18. The summed E-state index contributed by atoms with van der Waals surface area (Å²) in [4.78, 5) is 16.9. The topological polar surface area (TPSA) is 32.8 Å². The number of hydrogen-bond donors (Lipinski definition) is 0. The van der Waals surface area contributed by atoms with Gasteiger partial charge in [0.05, 0.1) is 0 Å². The largest absolute Gasteiger partial charge is 0.381 e. The first-order chi connectivity index (χ1) is 11.1. The number of carbonyl (C=O) groups is 1. The Labute approximate surface area is 143 Å². The lowest BCUT2D eigenvalue weighted by Crippen LogP contribution is -2.54. The third-order valence-electron chi connectivity index (χ3n) is 4.91. The minimum atomic E-state index is 0.232. The van der Waals surface area contributed by atoms with Crippen LogP contribution >= 0.6 is 11.6 Å². The van der Waals surface area contributed by atoms with Crippen LogP contribution in [0.3, 0.4) is 0 Å². The van der Waals surface area contributed by atoms with E-state index in [2.05, 4.69) is 17.9 Å². The van der Waals surface area contributed by atoms with Crippen LogP contribution in [0.25, 0.3) is 0 Å². The number of ether oxygens (including phenoxy) is 1. The molecule has 2 atom stereocenters. The Kier molecular flexibility index (Phi) is 5.44. The summed E-state index contributed by atoms with van der Waals surface area (Å²) in [6.07, 6.45) is 2.71. The summed E-state index contributed by atoms with van der Waals surface area (Å²) < 4.78 is 5.39. The molecular formula is C18H25ClN2O2. The first-order valence-corrected chi connectivity index (χ1v) is 8.89. The van der Waals surface area contributed by atoms with E-state index in [4.69, 9.17) is 16.3 Å². The van der Waals surface area contributed by atoms with Gasteiger partial charge in [-0.05, 0) is 43.9 Å². The van der Waals surface area contributed by atoms with E-state index >= 15 is 0 Å². The molecule has 2 saturated heterocycles. The van der Waals surface area contributed by atoms with Gasteiger partial charge in [-0.2, -0.15) is 0 Å². The van der Waals surface area contributed by atoms with Gasteiger partial charge in [-0.1, -0.05) is 17.7 Å². The molecule has 126 valence electrons. The van der Waals surface area contributed by atoms with E-state index in [-0.39, 0.29) is 11.9 Å². The van der Waals surface area contributed by atoms with Gasteiger partial charge < -0.3 is 14.5 Å². The van der Waals surface area contributed by atoms with Crippen LogP contribution in [0.4, 0.5) is 5.69 Å². The average molecular weight is 337 g/mol. The molecule has 5 heteroatoms. The van der Waals surface area contributed by atoms with Crippen molar-refractivity contribution in [2.24, 2.45) is 5.92 Å². The number of halogens is 1. The van der Waals surface area contributed by atoms with Crippen molar-refractivity contribution in [2.45, 2.75) is 32.2 Å². The summed E-state index contributed by atoms with van der Waals surface area (Å²) in [6.45, 7) is 6.32. The summed E-state index contributed by atoms with van der Waals surface area (Å²) in [6, 6.07) is 8.17. The Morgan fingerprint density at radius 1 is 1.39 bits per heavy atom. The van der Waals surface area contributed by atoms with Crippen LogP contribution in [0.2, 0.25) is 5.02 Å². The van der Waals surface area contributed by atoms with Crippen LogP contribution < -0.4 is 4.90 Å². The molecule has 0 aliphatic carbocycles. The fourth-order valence-electron chi connectivity index (χ4n) is 3.52. The Morgan fingerprint density at radius 2 is 2.26 bits per heavy atom. The second kappa shape index (κ2) is 7.54. The SMILES string of the molecule is C[C@H]1CN(c2cccc(Cl)c2)CCN1C(=O)CC[C@@H]1CCOC1. The Balaban J connectivity index is 1.52. The Hall–Kier alpha value is -1.26. The summed E-state index contributed by atoms with van der Waals surface area (Å²) in [5, 5.41) is 0.757. The van der Waals surface area contributed by atoms with Crippen molar-refractivity contribution in [1.82, 2.24) is 4.90 Å². The number of anilines is 1. The van der Waals surface area contributed by atoms with Crippen molar-refractivity contribution >= 4 is 23.2 Å². The van der Waals surface area contributed by atoms with Crippen molar-refractivity contribution in [3.63, 3.8) is 0 Å². The number of carbonyl (C=O) groups excluding carboxylic acids is 1. The van der Waals surface area contributed by atoms with Gasteiger partial charge >= 0.3 is 0 Å². The maximum absolute atomic E-state index is 12.5. The lowest BCUT2D eigenvalue weighted by molar-refractivity contribution is -0.133. The van der Waals surface area contributed by atoms with E-state index in [9.17, 15) is 4.79 Å². The minimum Gasteiger partial charge on any atom is -0.381 e. The maximum atomic E-state index is 12.5. The molecule has 1 aromatic carbocycles. The molecule has 0 radical (unpaired) electrons. The standard InChI is InChI=1S/C18H25ClN2O2/c1-14-12-20(17-4-2-3-16(19)11-17)8-9-21(14)18(22)6-5-15-7-10-23-13-15/h2-4,11,14-15H,5-10,12-13H2,1H3/t14-,15+/m0/s1. The monoisotopic (exact) mass is 336 g/mol. The molecule has 23 heavy (non-hydrogen) atoms. The molecule has 2 heterocycles. The van der Waals surface area contributed by atoms with Crippen LogP contribution in [0.15, 0.2) is 24.3 Å². The zero-order chi connectivity index (χ0) is 16.2. The normalized spacial score (nSPS) is 25.0. The van der Waals surface area contributed by atoms with Gasteiger partial charge in [0.1, 0.15) is 0 Å². The average Bonchev–Trinajstić information content (AvgIpc) is 3.06. The van der Waals surface area contributed by atoms with E-state index in [0.29, 0.717) is 12.3 Å². The molecule has 0 bridgehead atoms. The lowest BCUT2D eigenvalue weighted by Gasteiger charge is -2.41. The van der Waals surface area contributed by atoms with Gasteiger partial charge in [-0.25, -0.2) is 0 Å². The summed E-state index contributed by atoms with van der Waals surface area (Å²) in [5.41, 5.74) is 1.14. The van der Waals surface area contributed by atoms with Gasteiger partial charge in [-0.3, -0.25) is 4.79 Å². The molecule has 0 spiro atoms. The van der Waals surface area contributed by atoms with Gasteiger partial charge in [-0.15, -0.1) is 0 Å². The van der Waals surface area contributed by atoms with Crippen LogP contribution in [-0.4, -0.2) is 49.7 Å². The first kappa shape index (κ1) is 16.6. The van der Waals surface area contributed by atoms with Crippen LogP contribution in [-0.2, 0) is 9.53 Å². The quantitative estimate of drug-likeness (QED) is 0.846. The molecule has 1 aromatic rings. The van der Waals surface area contributed by atoms with E-state index in [1.807, 2.05) is 23.1 Å². The van der Waals surface area contributed by atoms with Crippen LogP contribution in [0.1, 0.15) is 26.2 Å². The molecule has 0 aromatic heterocycles. The number of piperazine rings is 1. The van der Waals surface area contributed by atoms with Gasteiger partial charge in [0.2, 0.25) is 5.91 Å². The smallest absolute Gasteiger partial charge is 0.222 e. The molecule has 0 saturated carbocycles. The summed E-state index contributed by atoms with van der Waals surface area (Å²) >= 11 is 6.08. The second-order valence-electron chi connectivity index (χ2n) is 6.63. The highest BCUT2D eigenvalue weighted by Crippen LogP contribution is 2.24. The van der Waals surface area contributed by atoms with Crippen LogP contribution in [0.5, 0.6) is 0 Å². The third-order valence-corrected chi connectivity index (χ3v) is 5.15. The van der Waals surface area contributed by atoms with Crippen molar-refractivity contribution in [3.8, 4) is 0 Å². The molecule has 2 aliphatic heterocycles. The molecular weight excluding hydrogens is 312 g/mol. The molecule has 3 rings (SSSR count). The highest BCUT2D eigenvalue weighted by molar-refractivity contribution is 6.30. The van der Waals surface area contributed by atoms with E-state index in [1.54, 1.807) is 0 Å². The summed E-state index contributed by atoms with van der Waals surface area (Å²) in [7, 11) is 0. The molecule has 0 N–H and O–H groups in total. The molecule has 0 unspecified atom stereocenters. The first-order valence-electron chi connectivity index (χ1n) is 8.51. The molecule has 1 amide bonds. The van der Waals surface area contributed by atoms with Gasteiger partial charge in [0, 0.05) is 56.0 Å². The molecule has 2 fully saturated rings. The predicted molar refractivity (Wildman–Crippen MR) is 93.0 cm³/mol. The van der Waals surface area contributed by atoms with Crippen molar-refractivity contribution in [2.75, 3.05) is 37.7 Å². The van der Waals surface area contributed by atoms with Crippen molar-refractivity contribution in [1.29, 1.82) is 0 Å². The molecule has 2 aliphatic rings. The fourth-order valence-corrected chi connectivity index (χ4v) is 3.70. The molecule has 4 nitrogen and oxygen atoms in total. The number of benzene rings is 1. The van der Waals surface area contributed by atoms with E-state index in [0.717, 1.165) is 56.4 Å². The van der Waals surface area contributed by atoms with E-state index < -0.39 is 0 Å². The summed E-state index contributed by atoms with van der Waals surface area (Å²) in [5.74, 6) is 0.858. The highest BCUT2D eigenvalue weighted by Gasteiger charge is 2.28. The predicted octanol–water partition coefficient (Wildman–Crippen LogP) is 3.19. The lowest BCUT2D eigenvalue weighted by atomic mass is 10.0. The number of hydrogen-bond acceptors (Lipinski definition) is 3. The zero-order valence-electron chi connectivity index (χ0n) is 13.7. The van der Waals surface area contributed by atoms with Crippen molar-refractivity contribution < 1.29 is 9.53 Å². The van der Waals surface area contributed by atoms with Crippen molar-refractivity contribution in [3.05, 3.63) is 29.3 Å². The number of rotatable bonds is 4. The minimum absolute atomic E-state index is 0.232.